The highest BCUT2D eigenvalue weighted by Crippen LogP contribution is 1.71. The van der Waals surface area contributed by atoms with E-state index in [0.717, 1.165) is 11.4 Å². The van der Waals surface area contributed by atoms with Gasteiger partial charge in [0.05, 0.1) is 5.37 Å². The van der Waals surface area contributed by atoms with Crippen molar-refractivity contribution < 1.29 is 17.9 Å². The summed E-state index contributed by atoms with van der Waals surface area (Å²) in [7, 11) is -2.28. The fourth-order valence-electron chi connectivity index (χ4n) is 0.126. The van der Waals surface area contributed by atoms with E-state index in [1.807, 2.05) is 0 Å². The summed E-state index contributed by atoms with van der Waals surface area (Å²) in [6.45, 7) is 0. The van der Waals surface area contributed by atoms with E-state index in [0.29, 0.717) is 6.26 Å². The van der Waals surface area contributed by atoms with Gasteiger partial charge in [0.2, 0.25) is 10.3 Å². The zero-order chi connectivity index (χ0) is 6.41. The van der Waals surface area contributed by atoms with E-state index in [4.69, 9.17) is 0 Å². The highest BCUT2D eigenvalue weighted by molar-refractivity contribution is 7.71. The molecule has 0 atom stereocenters. The van der Waals surface area contributed by atoms with Crippen LogP contribution in [0.5, 0.6) is 0 Å². The fraction of sp³-hybridized carbons (Fsp3) is 0. The van der Waals surface area contributed by atoms with Crippen molar-refractivity contribution in [1.29, 1.82) is 0 Å². The van der Waals surface area contributed by atoms with E-state index < -0.39 is 10.3 Å². The number of rotatable bonds is 2. The van der Waals surface area contributed by atoms with Crippen molar-refractivity contribution in [2.45, 2.75) is 0 Å². The lowest BCUT2D eigenvalue weighted by Gasteiger charge is -1.68. The molecule has 0 amide bonds. The summed E-state index contributed by atoms with van der Waals surface area (Å²) in [6.07, 6.45) is 1.53. The van der Waals surface area contributed by atoms with Gasteiger partial charge in [0.15, 0.2) is 0 Å². The number of halogens is 1. The lowest BCUT2D eigenvalue weighted by Crippen LogP contribution is -1.65. The van der Waals surface area contributed by atoms with Crippen LogP contribution in [0, 0.1) is 0 Å². The molecule has 0 unspecified atom stereocenters. The molecule has 0 radical (unpaired) electrons. The second kappa shape index (κ2) is 4.32. The third-order valence-corrected chi connectivity index (χ3v) is 0.699. The van der Waals surface area contributed by atoms with Crippen LogP contribution in [0.1, 0.15) is 0 Å². The van der Waals surface area contributed by atoms with Gasteiger partial charge >= 0.3 is 0 Å². The van der Waals surface area contributed by atoms with Crippen molar-refractivity contribution in [3.63, 3.8) is 0 Å². The first-order valence-corrected chi connectivity index (χ1v) is 2.76. The molecule has 0 N–H and O–H groups in total. The Balaban J connectivity index is 3.78. The van der Waals surface area contributed by atoms with Gasteiger partial charge in [-0.15, -0.1) is 0 Å². The van der Waals surface area contributed by atoms with Crippen LogP contribution in [0.25, 0.3) is 0 Å². The van der Waals surface area contributed by atoms with Crippen LogP contribution in [-0.4, -0.2) is 13.8 Å². The molecular formula is C3H3FO3S. The first kappa shape index (κ1) is 7.16. The number of allylic oxidation sites excluding steroid dienone is 1. The molecule has 0 heterocycles. The smallest absolute Gasteiger partial charge is 0.214 e. The Kier molecular flexibility index (Phi) is 3.87. The maximum Gasteiger partial charge on any atom is 0.214 e. The van der Waals surface area contributed by atoms with Crippen molar-refractivity contribution in [3.05, 3.63) is 12.3 Å². The standard InChI is InChI=1S/C3H3FO3S/c4-7-2-1-3-8(5)6/h1-3H. The molecular weight excluding hydrogens is 135 g/mol. The maximum atomic E-state index is 10.6. The lowest BCUT2D eigenvalue weighted by atomic mass is 10.7. The van der Waals surface area contributed by atoms with Gasteiger partial charge in [-0.1, -0.05) is 0 Å². The Morgan fingerprint density at radius 2 is 2.12 bits per heavy atom. The quantitative estimate of drug-likeness (QED) is 0.308. The molecule has 0 bridgehead atoms. The maximum absolute atomic E-state index is 10.6. The van der Waals surface area contributed by atoms with E-state index in [9.17, 15) is 12.9 Å². The Labute approximate surface area is 46.8 Å². The molecule has 8 heavy (non-hydrogen) atoms. The Morgan fingerprint density at radius 1 is 1.50 bits per heavy atom. The van der Waals surface area contributed by atoms with Crippen LogP contribution in [0.3, 0.4) is 0 Å². The molecule has 0 fully saturated rings. The van der Waals surface area contributed by atoms with E-state index in [1.165, 1.54) is 0 Å². The van der Waals surface area contributed by atoms with Gasteiger partial charge in [-0.05, 0) is 6.08 Å². The molecule has 0 saturated carbocycles. The van der Waals surface area contributed by atoms with Crippen LogP contribution in [0.2, 0.25) is 0 Å². The Morgan fingerprint density at radius 3 is 2.50 bits per heavy atom. The summed E-state index contributed by atoms with van der Waals surface area (Å²) in [5.74, 6) is 0. The zero-order valence-electron chi connectivity index (χ0n) is 3.74. The normalized spacial score (nSPS) is 9.12. The molecule has 0 aliphatic carbocycles. The Bertz CT molecular complexity index is 183. The largest absolute Gasteiger partial charge is 0.302 e. The summed E-state index contributed by atoms with van der Waals surface area (Å²) >= 11 is 0. The van der Waals surface area contributed by atoms with Gasteiger partial charge in [-0.25, -0.2) is 0 Å². The lowest BCUT2D eigenvalue weighted by molar-refractivity contribution is -0.0614. The average molecular weight is 138 g/mol. The van der Waals surface area contributed by atoms with Gasteiger partial charge in [-0.3, -0.25) is 0 Å². The second-order valence-electron chi connectivity index (χ2n) is 0.814. The predicted octanol–water partition coefficient (Wildman–Crippen LogP) is 0.0825. The highest BCUT2D eigenvalue weighted by Gasteiger charge is 1.65. The van der Waals surface area contributed by atoms with Crippen LogP contribution >= 0.6 is 0 Å². The summed E-state index contributed by atoms with van der Waals surface area (Å²) in [5, 5.41) is 0.750. The van der Waals surface area contributed by atoms with Crippen LogP contribution in [0.15, 0.2) is 12.3 Å². The fourth-order valence-corrected chi connectivity index (χ4v) is 0.318. The van der Waals surface area contributed by atoms with Crippen LogP contribution < -0.4 is 0 Å². The van der Waals surface area contributed by atoms with E-state index in [-0.39, 0.29) is 0 Å². The Hall–Kier alpha value is -0.840. The van der Waals surface area contributed by atoms with E-state index in [2.05, 4.69) is 4.94 Å². The molecule has 0 aromatic heterocycles. The third kappa shape index (κ3) is 5.16. The molecule has 0 aliphatic heterocycles. The first-order chi connectivity index (χ1) is 3.77. The van der Waals surface area contributed by atoms with Crippen molar-refractivity contribution in [2.24, 2.45) is 0 Å². The van der Waals surface area contributed by atoms with Gasteiger partial charge in [0.1, 0.15) is 6.26 Å². The third-order valence-electron chi connectivity index (χ3n) is 0.320. The van der Waals surface area contributed by atoms with Gasteiger partial charge in [0, 0.05) is 4.53 Å². The minimum Gasteiger partial charge on any atom is -0.302 e. The molecule has 0 rings (SSSR count). The molecule has 0 aliphatic rings. The monoisotopic (exact) mass is 138 g/mol. The van der Waals surface area contributed by atoms with Crippen molar-refractivity contribution >= 4 is 15.7 Å². The molecule has 3 nitrogen and oxygen atoms in total. The minimum atomic E-state index is -2.28. The van der Waals surface area contributed by atoms with Crippen LogP contribution in [-0.2, 0) is 15.2 Å². The molecule has 5 heteroatoms. The number of hydrogen-bond acceptors (Lipinski definition) is 3. The topological polar surface area (TPSA) is 43.4 Å². The molecule has 46 valence electrons. The first-order valence-electron chi connectivity index (χ1n) is 1.63. The van der Waals surface area contributed by atoms with E-state index in [1.54, 1.807) is 0 Å². The van der Waals surface area contributed by atoms with Crippen molar-refractivity contribution in [2.75, 3.05) is 0 Å². The number of hydrogen-bond donors (Lipinski definition) is 0. The van der Waals surface area contributed by atoms with Crippen LogP contribution in [0.4, 0.5) is 4.53 Å². The van der Waals surface area contributed by atoms with Crippen molar-refractivity contribution in [1.82, 2.24) is 0 Å². The predicted molar refractivity (Wildman–Crippen MR) is 26.3 cm³/mol. The molecule has 0 aromatic rings. The SMILES string of the molecule is O=S(=O)=CC=COF. The van der Waals surface area contributed by atoms with E-state index >= 15 is 0 Å². The second-order valence-corrected chi connectivity index (χ2v) is 1.61. The highest BCUT2D eigenvalue weighted by atomic mass is 32.2. The molecule has 0 spiro atoms. The molecule has 0 saturated heterocycles. The average Bonchev–Trinajstić information content (AvgIpc) is 1.66. The van der Waals surface area contributed by atoms with Gasteiger partial charge in [0.25, 0.3) is 0 Å². The summed E-state index contributed by atoms with van der Waals surface area (Å²) in [6, 6.07) is 0. The molecule has 0 aromatic carbocycles. The summed E-state index contributed by atoms with van der Waals surface area (Å²) < 4.78 is 29.8. The summed E-state index contributed by atoms with van der Waals surface area (Å²) in [5.41, 5.74) is 0. The van der Waals surface area contributed by atoms with Gasteiger partial charge < -0.3 is 4.94 Å². The minimum absolute atomic E-state index is 0.607. The van der Waals surface area contributed by atoms with Crippen molar-refractivity contribution in [3.8, 4) is 0 Å². The zero-order valence-corrected chi connectivity index (χ0v) is 4.56. The van der Waals surface area contributed by atoms with Gasteiger partial charge in [-0.2, -0.15) is 8.42 Å². The summed E-state index contributed by atoms with van der Waals surface area (Å²) in [4.78, 5) is 2.91.